The van der Waals surface area contributed by atoms with Gasteiger partial charge in [0.05, 0.1) is 16.6 Å². The molecule has 0 spiro atoms. The first-order valence-corrected chi connectivity index (χ1v) is 10.4. The second-order valence-corrected chi connectivity index (χ2v) is 7.89. The fourth-order valence-corrected chi connectivity index (χ4v) is 3.86. The molecule has 0 radical (unpaired) electrons. The first-order chi connectivity index (χ1) is 15.4. The Morgan fingerprint density at radius 2 is 1.84 bits per heavy atom. The van der Waals surface area contributed by atoms with Crippen LogP contribution in [0.1, 0.15) is 28.8 Å². The van der Waals surface area contributed by atoms with Crippen molar-refractivity contribution < 1.29 is 19.6 Å². The van der Waals surface area contributed by atoms with Gasteiger partial charge in [0.2, 0.25) is 5.88 Å². The lowest BCUT2D eigenvalue weighted by molar-refractivity contribution is -0.384. The minimum atomic E-state index is -0.852. The van der Waals surface area contributed by atoms with Gasteiger partial charge in [0.1, 0.15) is 11.3 Å². The number of rotatable bonds is 6. The number of nitro benzene ring substituents is 1. The summed E-state index contributed by atoms with van der Waals surface area (Å²) in [5.74, 6) is 0.0613. The van der Waals surface area contributed by atoms with E-state index >= 15 is 0 Å². The molecule has 0 saturated carbocycles. The van der Waals surface area contributed by atoms with Gasteiger partial charge in [-0.25, -0.2) is 4.98 Å². The number of carbonyl (C=O) groups excluding carboxylic acids is 1. The van der Waals surface area contributed by atoms with E-state index in [1.807, 2.05) is 30.3 Å². The monoisotopic (exact) mass is 433 g/mol. The minimum absolute atomic E-state index is 0.0862. The summed E-state index contributed by atoms with van der Waals surface area (Å²) in [5.41, 5.74) is 0.372. The van der Waals surface area contributed by atoms with Crippen LogP contribution < -0.4 is 4.74 Å². The normalized spacial score (nSPS) is 15.2. The summed E-state index contributed by atoms with van der Waals surface area (Å²) in [5, 5.41) is 22.0. The molecule has 0 unspecified atom stereocenters. The highest BCUT2D eigenvalue weighted by atomic mass is 16.6. The number of nitro groups is 1. The smallest absolute Gasteiger partial charge is 0.273 e. The number of benzene rings is 2. The maximum absolute atomic E-state index is 13.2. The van der Waals surface area contributed by atoms with Crippen molar-refractivity contribution in [3.8, 4) is 11.6 Å². The number of likely N-dealkylation sites (tertiary alicyclic amines) is 1. The van der Waals surface area contributed by atoms with E-state index in [-0.39, 0.29) is 28.8 Å². The van der Waals surface area contributed by atoms with Gasteiger partial charge in [-0.3, -0.25) is 14.9 Å². The molecule has 8 nitrogen and oxygen atoms in total. The Bertz CT molecular complexity index is 1110. The Balaban J connectivity index is 1.45. The van der Waals surface area contributed by atoms with E-state index in [0.717, 1.165) is 5.56 Å². The summed E-state index contributed by atoms with van der Waals surface area (Å²) in [7, 11) is 0. The number of carbonyl (C=O) groups is 1. The molecule has 1 fully saturated rings. The Kier molecular flexibility index (Phi) is 6.13. The average molecular weight is 433 g/mol. The number of aromatic nitrogens is 1. The molecule has 1 aromatic heterocycles. The first-order valence-electron chi connectivity index (χ1n) is 10.4. The lowest BCUT2D eigenvalue weighted by Crippen LogP contribution is -2.47. The van der Waals surface area contributed by atoms with Crippen LogP contribution in [0.5, 0.6) is 11.6 Å². The Morgan fingerprint density at radius 3 is 2.56 bits per heavy atom. The molecule has 1 saturated heterocycles. The van der Waals surface area contributed by atoms with Gasteiger partial charge >= 0.3 is 0 Å². The van der Waals surface area contributed by atoms with E-state index in [1.54, 1.807) is 23.1 Å². The number of non-ortho nitro benzene ring substituents is 1. The van der Waals surface area contributed by atoms with Crippen molar-refractivity contribution in [1.82, 2.24) is 9.88 Å². The molecule has 8 heteroatoms. The van der Waals surface area contributed by atoms with Gasteiger partial charge in [0.25, 0.3) is 11.6 Å². The lowest BCUT2D eigenvalue weighted by Gasteiger charge is -2.38. The van der Waals surface area contributed by atoms with Crippen molar-refractivity contribution in [2.45, 2.75) is 24.9 Å². The van der Waals surface area contributed by atoms with Crippen molar-refractivity contribution >= 4 is 11.6 Å². The summed E-state index contributed by atoms with van der Waals surface area (Å²) in [6.45, 7) is 0.820. The van der Waals surface area contributed by atoms with Crippen LogP contribution in [-0.4, -0.2) is 44.5 Å². The zero-order chi connectivity index (χ0) is 22.6. The number of hydrogen-bond donors (Lipinski definition) is 1. The van der Waals surface area contributed by atoms with Crippen LogP contribution in [0, 0.1) is 10.1 Å². The Hall–Kier alpha value is -3.78. The van der Waals surface area contributed by atoms with Crippen LogP contribution >= 0.6 is 0 Å². The highest BCUT2D eigenvalue weighted by molar-refractivity contribution is 5.96. The van der Waals surface area contributed by atoms with Gasteiger partial charge in [0.15, 0.2) is 0 Å². The average Bonchev–Trinajstić information content (AvgIpc) is 2.80. The van der Waals surface area contributed by atoms with E-state index in [9.17, 15) is 20.0 Å². The maximum Gasteiger partial charge on any atom is 0.273 e. The Morgan fingerprint density at radius 1 is 1.09 bits per heavy atom. The quantitative estimate of drug-likeness (QED) is 0.465. The van der Waals surface area contributed by atoms with Crippen molar-refractivity contribution in [3.63, 3.8) is 0 Å². The maximum atomic E-state index is 13.2. The predicted molar refractivity (Wildman–Crippen MR) is 118 cm³/mol. The third-order valence-electron chi connectivity index (χ3n) is 5.60. The van der Waals surface area contributed by atoms with Gasteiger partial charge in [-0.2, -0.15) is 0 Å². The third kappa shape index (κ3) is 4.92. The molecule has 2 aromatic carbocycles. The molecule has 2 heterocycles. The summed E-state index contributed by atoms with van der Waals surface area (Å²) in [6, 6.07) is 18.8. The predicted octanol–water partition coefficient (Wildman–Crippen LogP) is 3.99. The van der Waals surface area contributed by atoms with Crippen LogP contribution in [0.15, 0.2) is 72.9 Å². The van der Waals surface area contributed by atoms with Crippen LogP contribution in [-0.2, 0) is 6.42 Å². The molecule has 1 amide bonds. The lowest BCUT2D eigenvalue weighted by atomic mass is 9.85. The third-order valence-corrected chi connectivity index (χ3v) is 5.60. The van der Waals surface area contributed by atoms with Gasteiger partial charge in [-0.1, -0.05) is 36.4 Å². The highest BCUT2D eigenvalue weighted by Gasteiger charge is 2.35. The number of pyridine rings is 1. The van der Waals surface area contributed by atoms with Gasteiger partial charge < -0.3 is 14.7 Å². The van der Waals surface area contributed by atoms with E-state index < -0.39 is 10.5 Å². The number of nitrogens with zero attached hydrogens (tertiary/aromatic N) is 3. The molecule has 0 bridgehead atoms. The van der Waals surface area contributed by atoms with Gasteiger partial charge in [-0.15, -0.1) is 0 Å². The van der Waals surface area contributed by atoms with Crippen LogP contribution in [0.3, 0.4) is 0 Å². The molecule has 4 rings (SSSR count). The molecule has 32 heavy (non-hydrogen) atoms. The summed E-state index contributed by atoms with van der Waals surface area (Å²) < 4.78 is 5.72. The molecule has 0 atom stereocenters. The molecular formula is C24H23N3O5. The largest absolute Gasteiger partial charge is 0.438 e. The first kappa shape index (κ1) is 21.5. The number of piperidine rings is 1. The number of aliphatic hydroxyl groups is 1. The zero-order valence-corrected chi connectivity index (χ0v) is 17.4. The zero-order valence-electron chi connectivity index (χ0n) is 17.4. The number of hydrogen-bond acceptors (Lipinski definition) is 6. The molecule has 1 N–H and O–H groups in total. The fraction of sp³-hybridized carbons (Fsp3) is 0.250. The number of amides is 1. The van der Waals surface area contributed by atoms with Crippen molar-refractivity contribution in [1.29, 1.82) is 0 Å². The SMILES string of the molecule is O=C(c1cccnc1Oc1cccc([N+](=O)[O-])c1)N1CCC(O)(Cc2ccccc2)CC1. The van der Waals surface area contributed by atoms with Crippen LogP contribution in [0.4, 0.5) is 5.69 Å². The molecule has 0 aliphatic carbocycles. The van der Waals surface area contributed by atoms with E-state index in [2.05, 4.69) is 4.98 Å². The Labute approximate surface area is 185 Å². The van der Waals surface area contributed by atoms with Crippen molar-refractivity contribution in [2.24, 2.45) is 0 Å². The fourth-order valence-electron chi connectivity index (χ4n) is 3.86. The highest BCUT2D eigenvalue weighted by Crippen LogP contribution is 2.30. The molecule has 1 aliphatic heterocycles. The van der Waals surface area contributed by atoms with E-state index in [0.29, 0.717) is 32.4 Å². The molecule has 164 valence electrons. The number of ether oxygens (including phenoxy) is 1. The summed E-state index contributed by atoms with van der Waals surface area (Å²) in [6.07, 6.45) is 2.98. The van der Waals surface area contributed by atoms with Crippen LogP contribution in [0.25, 0.3) is 0 Å². The summed E-state index contributed by atoms with van der Waals surface area (Å²) in [4.78, 5) is 29.5. The minimum Gasteiger partial charge on any atom is -0.438 e. The molecular weight excluding hydrogens is 410 g/mol. The van der Waals surface area contributed by atoms with Crippen molar-refractivity contribution in [3.05, 3.63) is 94.2 Å². The van der Waals surface area contributed by atoms with Gasteiger partial charge in [0, 0.05) is 31.8 Å². The second kappa shape index (κ2) is 9.15. The van der Waals surface area contributed by atoms with Crippen molar-refractivity contribution in [2.75, 3.05) is 13.1 Å². The van der Waals surface area contributed by atoms with Crippen LogP contribution in [0.2, 0.25) is 0 Å². The summed E-state index contributed by atoms with van der Waals surface area (Å²) >= 11 is 0. The van der Waals surface area contributed by atoms with Gasteiger partial charge in [-0.05, 0) is 36.6 Å². The second-order valence-electron chi connectivity index (χ2n) is 7.89. The van der Waals surface area contributed by atoms with E-state index in [1.165, 1.54) is 24.4 Å². The van der Waals surface area contributed by atoms with E-state index in [4.69, 9.17) is 4.74 Å². The molecule has 1 aliphatic rings. The molecule has 3 aromatic rings. The standard InChI is InChI=1S/C24H23N3O5/c28-23(26-14-11-24(29,12-15-26)17-18-6-2-1-3-7-18)21-10-5-13-25-22(21)32-20-9-4-8-19(16-20)27(30)31/h1-10,13,16,29H,11-12,14-15,17H2. The topological polar surface area (TPSA) is 106 Å².